The Hall–Kier alpha value is -2.01. The summed E-state index contributed by atoms with van der Waals surface area (Å²) in [6.07, 6.45) is 2.74. The Labute approximate surface area is 117 Å². The highest BCUT2D eigenvalue weighted by Gasteiger charge is 2.29. The summed E-state index contributed by atoms with van der Waals surface area (Å²) >= 11 is 0. The summed E-state index contributed by atoms with van der Waals surface area (Å²) in [6, 6.07) is 5.81. The highest BCUT2D eigenvalue weighted by molar-refractivity contribution is 5.44. The number of hydrogen-bond donors (Lipinski definition) is 2. The topological polar surface area (TPSA) is 67.4 Å². The predicted octanol–water partition coefficient (Wildman–Crippen LogP) is 2.19. The maximum absolute atomic E-state index is 10.2. The molecule has 5 nitrogen and oxygen atoms in total. The number of nitrogens with zero attached hydrogens (tertiary/aromatic N) is 1. The molecule has 0 saturated heterocycles. The molecule has 1 aromatic carbocycles. The first-order valence-corrected chi connectivity index (χ1v) is 6.65. The lowest BCUT2D eigenvalue weighted by atomic mass is 9.81. The number of aliphatic hydroxyl groups excluding tert-OH is 1. The number of nitrogens with one attached hydrogen (secondary N) is 1. The van der Waals surface area contributed by atoms with Crippen molar-refractivity contribution in [2.24, 2.45) is 0 Å². The van der Waals surface area contributed by atoms with Crippen LogP contribution in [-0.2, 0) is 6.42 Å². The van der Waals surface area contributed by atoms with Gasteiger partial charge >= 0.3 is 0 Å². The first kappa shape index (κ1) is 13.0. The van der Waals surface area contributed by atoms with Crippen molar-refractivity contribution in [1.29, 1.82) is 0 Å². The minimum Gasteiger partial charge on any atom is -0.497 e. The van der Waals surface area contributed by atoms with E-state index in [1.165, 1.54) is 0 Å². The highest BCUT2D eigenvalue weighted by Crippen LogP contribution is 2.41. The van der Waals surface area contributed by atoms with E-state index in [9.17, 15) is 5.11 Å². The van der Waals surface area contributed by atoms with Gasteiger partial charge in [-0.2, -0.15) is 5.10 Å². The van der Waals surface area contributed by atoms with E-state index in [1.54, 1.807) is 20.4 Å². The average Bonchev–Trinajstić information content (AvgIpc) is 2.95. The molecule has 1 aliphatic carbocycles. The van der Waals surface area contributed by atoms with Crippen LogP contribution in [0.15, 0.2) is 24.4 Å². The fourth-order valence-corrected chi connectivity index (χ4v) is 2.89. The van der Waals surface area contributed by atoms with Crippen LogP contribution in [0.2, 0.25) is 0 Å². The van der Waals surface area contributed by atoms with Gasteiger partial charge in [-0.25, -0.2) is 0 Å². The van der Waals surface area contributed by atoms with Gasteiger partial charge in [-0.1, -0.05) is 6.07 Å². The molecule has 1 aromatic heterocycles. The van der Waals surface area contributed by atoms with Gasteiger partial charge in [-0.3, -0.25) is 5.10 Å². The Balaban J connectivity index is 1.94. The SMILES string of the molecule is COc1ccc(C2Cc3[nH]ncc3C(O)C2)c(OC)c1. The minimum atomic E-state index is -0.477. The number of methoxy groups -OCH3 is 2. The lowest BCUT2D eigenvalue weighted by molar-refractivity contribution is 0.147. The third kappa shape index (κ3) is 2.14. The van der Waals surface area contributed by atoms with Gasteiger partial charge in [-0.05, 0) is 30.4 Å². The Bertz CT molecular complexity index is 609. The number of benzene rings is 1. The fourth-order valence-electron chi connectivity index (χ4n) is 2.89. The summed E-state index contributed by atoms with van der Waals surface area (Å²) in [5, 5.41) is 17.2. The zero-order chi connectivity index (χ0) is 14.1. The second kappa shape index (κ2) is 5.17. The number of H-pyrrole nitrogens is 1. The van der Waals surface area contributed by atoms with Crippen LogP contribution in [0.4, 0.5) is 0 Å². The number of fused-ring (bicyclic) bond motifs is 1. The molecule has 5 heteroatoms. The molecular formula is C15H18N2O3. The summed E-state index contributed by atoms with van der Waals surface area (Å²) in [4.78, 5) is 0. The normalized spacial score (nSPS) is 21.4. The molecule has 1 aliphatic rings. The van der Waals surface area contributed by atoms with Crippen LogP contribution in [0.25, 0.3) is 0 Å². The molecule has 2 unspecified atom stereocenters. The largest absolute Gasteiger partial charge is 0.497 e. The van der Waals surface area contributed by atoms with Crippen LogP contribution in [0.3, 0.4) is 0 Å². The molecule has 1 heterocycles. The van der Waals surface area contributed by atoms with Gasteiger partial charge in [0.05, 0.1) is 26.5 Å². The zero-order valence-electron chi connectivity index (χ0n) is 11.6. The summed E-state index contributed by atoms with van der Waals surface area (Å²) in [5.74, 6) is 1.77. The number of ether oxygens (including phenoxy) is 2. The van der Waals surface area contributed by atoms with Crippen molar-refractivity contribution < 1.29 is 14.6 Å². The van der Waals surface area contributed by atoms with Crippen LogP contribution in [-0.4, -0.2) is 29.5 Å². The average molecular weight is 274 g/mol. The third-order valence-electron chi connectivity index (χ3n) is 3.95. The van der Waals surface area contributed by atoms with E-state index in [2.05, 4.69) is 10.2 Å². The van der Waals surface area contributed by atoms with Gasteiger partial charge in [0.15, 0.2) is 0 Å². The summed E-state index contributed by atoms with van der Waals surface area (Å²) < 4.78 is 10.7. The van der Waals surface area contributed by atoms with Crippen LogP contribution < -0.4 is 9.47 Å². The van der Waals surface area contributed by atoms with Crippen LogP contribution in [0, 0.1) is 0 Å². The summed E-state index contributed by atoms with van der Waals surface area (Å²) in [6.45, 7) is 0. The molecule has 0 fully saturated rings. The molecule has 3 rings (SSSR count). The molecule has 0 saturated carbocycles. The third-order valence-corrected chi connectivity index (χ3v) is 3.95. The van der Waals surface area contributed by atoms with Gasteiger partial charge in [-0.15, -0.1) is 0 Å². The van der Waals surface area contributed by atoms with E-state index in [-0.39, 0.29) is 5.92 Å². The number of hydrogen-bond acceptors (Lipinski definition) is 4. The molecule has 0 spiro atoms. The van der Waals surface area contributed by atoms with Crippen molar-refractivity contribution in [3.05, 3.63) is 41.2 Å². The molecule has 0 radical (unpaired) electrons. The highest BCUT2D eigenvalue weighted by atomic mass is 16.5. The van der Waals surface area contributed by atoms with Crippen LogP contribution in [0.5, 0.6) is 11.5 Å². The van der Waals surface area contributed by atoms with Gasteiger partial charge in [0.2, 0.25) is 0 Å². The Morgan fingerprint density at radius 3 is 2.85 bits per heavy atom. The van der Waals surface area contributed by atoms with Gasteiger partial charge in [0.1, 0.15) is 11.5 Å². The minimum absolute atomic E-state index is 0.207. The van der Waals surface area contributed by atoms with Crippen molar-refractivity contribution in [2.75, 3.05) is 14.2 Å². The molecule has 0 aliphatic heterocycles. The quantitative estimate of drug-likeness (QED) is 0.900. The standard InChI is InChI=1S/C15H18N2O3/c1-19-10-3-4-11(15(7-10)20-2)9-5-13-12(8-16-17-13)14(18)6-9/h3-4,7-9,14,18H,5-6H2,1-2H3,(H,16,17). The lowest BCUT2D eigenvalue weighted by Crippen LogP contribution is -2.17. The smallest absolute Gasteiger partial charge is 0.126 e. The van der Waals surface area contributed by atoms with Gasteiger partial charge in [0.25, 0.3) is 0 Å². The first-order valence-electron chi connectivity index (χ1n) is 6.65. The maximum atomic E-state index is 10.2. The molecule has 0 amide bonds. The van der Waals surface area contributed by atoms with Crippen molar-refractivity contribution in [3.63, 3.8) is 0 Å². The van der Waals surface area contributed by atoms with Crippen molar-refractivity contribution >= 4 is 0 Å². The zero-order valence-corrected chi connectivity index (χ0v) is 11.6. The van der Waals surface area contributed by atoms with Crippen molar-refractivity contribution in [3.8, 4) is 11.5 Å². The number of rotatable bonds is 3. The number of aliphatic hydroxyl groups is 1. The van der Waals surface area contributed by atoms with E-state index in [4.69, 9.17) is 9.47 Å². The van der Waals surface area contributed by atoms with Gasteiger partial charge < -0.3 is 14.6 Å². The molecule has 2 atom stereocenters. The van der Waals surface area contributed by atoms with Crippen molar-refractivity contribution in [1.82, 2.24) is 10.2 Å². The summed E-state index contributed by atoms with van der Waals surface area (Å²) in [7, 11) is 3.29. The lowest BCUT2D eigenvalue weighted by Gasteiger charge is -2.27. The maximum Gasteiger partial charge on any atom is 0.126 e. The van der Waals surface area contributed by atoms with Crippen LogP contribution >= 0.6 is 0 Å². The molecule has 20 heavy (non-hydrogen) atoms. The van der Waals surface area contributed by atoms with E-state index < -0.39 is 6.10 Å². The monoisotopic (exact) mass is 274 g/mol. The predicted molar refractivity (Wildman–Crippen MR) is 74.2 cm³/mol. The molecular weight excluding hydrogens is 256 g/mol. The van der Waals surface area contributed by atoms with E-state index in [1.807, 2.05) is 18.2 Å². The first-order chi connectivity index (χ1) is 9.72. The Morgan fingerprint density at radius 2 is 2.10 bits per heavy atom. The molecule has 106 valence electrons. The molecule has 0 bridgehead atoms. The van der Waals surface area contributed by atoms with E-state index >= 15 is 0 Å². The second-order valence-corrected chi connectivity index (χ2v) is 5.06. The molecule has 2 aromatic rings. The van der Waals surface area contributed by atoms with Crippen LogP contribution in [0.1, 0.15) is 35.3 Å². The number of aromatic nitrogens is 2. The fraction of sp³-hybridized carbons (Fsp3) is 0.400. The summed E-state index contributed by atoms with van der Waals surface area (Å²) in [5.41, 5.74) is 3.01. The Kier molecular flexibility index (Phi) is 3.36. The number of aromatic amines is 1. The second-order valence-electron chi connectivity index (χ2n) is 5.06. The Morgan fingerprint density at radius 1 is 1.25 bits per heavy atom. The van der Waals surface area contributed by atoms with E-state index in [0.29, 0.717) is 6.42 Å². The van der Waals surface area contributed by atoms with E-state index in [0.717, 1.165) is 34.7 Å². The van der Waals surface area contributed by atoms with Crippen molar-refractivity contribution in [2.45, 2.75) is 24.9 Å². The molecule has 2 N–H and O–H groups in total. The van der Waals surface area contributed by atoms with Gasteiger partial charge in [0, 0.05) is 17.3 Å².